The van der Waals surface area contributed by atoms with E-state index < -0.39 is 5.97 Å². The van der Waals surface area contributed by atoms with E-state index in [1.54, 1.807) is 0 Å². The zero-order valence-corrected chi connectivity index (χ0v) is 6.24. The monoisotopic (exact) mass is 144 g/mol. The number of carboxylic acids is 1. The lowest BCUT2D eigenvalue weighted by atomic mass is 10.2. The molecule has 58 valence electrons. The lowest BCUT2D eigenvalue weighted by Gasteiger charge is -2.16. The molecule has 4 nitrogen and oxygen atoms in total. The fourth-order valence-electron chi connectivity index (χ4n) is 1.13. The first-order valence-electron chi connectivity index (χ1n) is 3.26. The van der Waals surface area contributed by atoms with Crippen LogP contribution in [0.1, 0.15) is 0 Å². The number of carbonyl (C=O) groups is 1. The van der Waals surface area contributed by atoms with Gasteiger partial charge in [-0.3, -0.25) is 4.79 Å². The van der Waals surface area contributed by atoms with Gasteiger partial charge in [-0.15, -0.1) is 0 Å². The SMILES string of the molecule is CN1CC(C(=O)O)CN1C. The Morgan fingerprint density at radius 3 is 2.00 bits per heavy atom. The van der Waals surface area contributed by atoms with E-state index in [0.717, 1.165) is 0 Å². The first-order chi connectivity index (χ1) is 4.61. The van der Waals surface area contributed by atoms with Crippen LogP contribution in [0, 0.1) is 5.92 Å². The van der Waals surface area contributed by atoms with Crippen molar-refractivity contribution in [1.29, 1.82) is 0 Å². The van der Waals surface area contributed by atoms with Gasteiger partial charge in [-0.1, -0.05) is 0 Å². The molecule has 0 radical (unpaired) electrons. The molecule has 0 aromatic carbocycles. The Morgan fingerprint density at radius 2 is 1.80 bits per heavy atom. The van der Waals surface area contributed by atoms with Gasteiger partial charge in [0.2, 0.25) is 0 Å². The number of hydrogen-bond acceptors (Lipinski definition) is 3. The van der Waals surface area contributed by atoms with Gasteiger partial charge < -0.3 is 5.11 Å². The molecule has 0 unspecified atom stereocenters. The lowest BCUT2D eigenvalue weighted by molar-refractivity contribution is -0.140. The second kappa shape index (κ2) is 2.56. The van der Waals surface area contributed by atoms with Gasteiger partial charge in [0.1, 0.15) is 0 Å². The van der Waals surface area contributed by atoms with Crippen molar-refractivity contribution in [1.82, 2.24) is 10.0 Å². The summed E-state index contributed by atoms with van der Waals surface area (Å²) < 4.78 is 0. The molecule has 0 spiro atoms. The molecular weight excluding hydrogens is 132 g/mol. The Kier molecular flexibility index (Phi) is 1.92. The molecule has 1 heterocycles. The molecule has 1 N–H and O–H groups in total. The highest BCUT2D eigenvalue weighted by Gasteiger charge is 2.29. The first-order valence-corrected chi connectivity index (χ1v) is 3.26. The van der Waals surface area contributed by atoms with Gasteiger partial charge in [0, 0.05) is 27.2 Å². The van der Waals surface area contributed by atoms with Crippen LogP contribution in [-0.4, -0.2) is 48.3 Å². The summed E-state index contributed by atoms with van der Waals surface area (Å²) >= 11 is 0. The maximum Gasteiger partial charge on any atom is 0.309 e. The molecule has 0 aromatic heterocycles. The Bertz CT molecular complexity index is 139. The summed E-state index contributed by atoms with van der Waals surface area (Å²) in [5, 5.41) is 12.4. The molecule has 0 amide bonds. The number of nitrogens with zero attached hydrogens (tertiary/aromatic N) is 2. The Morgan fingerprint density at radius 1 is 1.40 bits per heavy atom. The molecule has 0 atom stereocenters. The molecule has 1 fully saturated rings. The van der Waals surface area contributed by atoms with E-state index in [9.17, 15) is 4.79 Å². The van der Waals surface area contributed by atoms with E-state index in [2.05, 4.69) is 0 Å². The van der Waals surface area contributed by atoms with E-state index in [0.29, 0.717) is 13.1 Å². The van der Waals surface area contributed by atoms with Crippen LogP contribution >= 0.6 is 0 Å². The minimum absolute atomic E-state index is 0.213. The summed E-state index contributed by atoms with van der Waals surface area (Å²) in [5.74, 6) is -0.911. The molecule has 0 bridgehead atoms. The number of rotatable bonds is 1. The maximum absolute atomic E-state index is 10.4. The van der Waals surface area contributed by atoms with Crippen LogP contribution in [0.3, 0.4) is 0 Å². The van der Waals surface area contributed by atoms with E-state index >= 15 is 0 Å². The second-order valence-electron chi connectivity index (χ2n) is 2.72. The van der Waals surface area contributed by atoms with Crippen molar-refractivity contribution in [3.8, 4) is 0 Å². The molecule has 4 heteroatoms. The minimum Gasteiger partial charge on any atom is -0.481 e. The first kappa shape index (κ1) is 7.50. The van der Waals surface area contributed by atoms with Crippen LogP contribution < -0.4 is 0 Å². The summed E-state index contributed by atoms with van der Waals surface area (Å²) in [6.45, 7) is 1.26. The van der Waals surface area contributed by atoms with Gasteiger partial charge in [0.25, 0.3) is 0 Å². The summed E-state index contributed by atoms with van der Waals surface area (Å²) in [5.41, 5.74) is 0. The topological polar surface area (TPSA) is 43.8 Å². The van der Waals surface area contributed by atoms with Crippen molar-refractivity contribution in [2.75, 3.05) is 27.2 Å². The number of carboxylic acid groups (broad SMARTS) is 1. The number of aliphatic carboxylic acids is 1. The Balaban J connectivity index is 2.49. The lowest BCUT2D eigenvalue weighted by Crippen LogP contribution is -2.28. The molecule has 0 aromatic rings. The van der Waals surface area contributed by atoms with E-state index in [1.165, 1.54) is 0 Å². The third kappa shape index (κ3) is 1.27. The van der Waals surface area contributed by atoms with Gasteiger partial charge in [-0.25, -0.2) is 10.0 Å². The van der Waals surface area contributed by atoms with Crippen molar-refractivity contribution < 1.29 is 9.90 Å². The fraction of sp³-hybridized carbons (Fsp3) is 0.833. The molecule has 10 heavy (non-hydrogen) atoms. The standard InChI is InChI=1S/C6H12N2O2/c1-7-3-5(6(9)10)4-8(7)2/h5H,3-4H2,1-2H3,(H,9,10). The second-order valence-corrected chi connectivity index (χ2v) is 2.72. The summed E-state index contributed by atoms with van der Waals surface area (Å²) in [4.78, 5) is 10.4. The van der Waals surface area contributed by atoms with Gasteiger partial charge >= 0.3 is 5.97 Å². The quantitative estimate of drug-likeness (QED) is 0.537. The predicted molar refractivity (Wildman–Crippen MR) is 36.4 cm³/mol. The molecule has 1 aliphatic rings. The molecule has 1 rings (SSSR count). The zero-order valence-electron chi connectivity index (χ0n) is 6.24. The average molecular weight is 144 g/mol. The van der Waals surface area contributed by atoms with Crippen molar-refractivity contribution in [3.05, 3.63) is 0 Å². The molecule has 0 aliphatic carbocycles. The summed E-state index contributed by atoms with van der Waals surface area (Å²) in [7, 11) is 3.78. The molecule has 1 aliphatic heterocycles. The van der Waals surface area contributed by atoms with E-state index in [1.807, 2.05) is 24.1 Å². The van der Waals surface area contributed by atoms with Crippen molar-refractivity contribution in [3.63, 3.8) is 0 Å². The fourth-order valence-corrected chi connectivity index (χ4v) is 1.13. The average Bonchev–Trinajstić information content (AvgIpc) is 2.13. The van der Waals surface area contributed by atoms with Gasteiger partial charge in [-0.05, 0) is 0 Å². The van der Waals surface area contributed by atoms with Crippen LogP contribution in [-0.2, 0) is 4.79 Å². The van der Waals surface area contributed by atoms with Crippen LogP contribution in [0.2, 0.25) is 0 Å². The van der Waals surface area contributed by atoms with Crippen LogP contribution in [0.15, 0.2) is 0 Å². The van der Waals surface area contributed by atoms with E-state index in [-0.39, 0.29) is 5.92 Å². The highest BCUT2D eigenvalue weighted by atomic mass is 16.4. The zero-order chi connectivity index (χ0) is 7.72. The smallest absolute Gasteiger partial charge is 0.309 e. The summed E-state index contributed by atoms with van der Waals surface area (Å²) in [6, 6.07) is 0. The third-order valence-corrected chi connectivity index (χ3v) is 1.90. The van der Waals surface area contributed by atoms with Crippen molar-refractivity contribution in [2.45, 2.75) is 0 Å². The molecular formula is C6H12N2O2. The summed E-state index contributed by atoms with van der Waals surface area (Å²) in [6.07, 6.45) is 0. The molecule has 1 saturated heterocycles. The highest BCUT2D eigenvalue weighted by Crippen LogP contribution is 2.11. The van der Waals surface area contributed by atoms with Crippen molar-refractivity contribution >= 4 is 5.97 Å². The van der Waals surface area contributed by atoms with Gasteiger partial charge in [0.15, 0.2) is 0 Å². The largest absolute Gasteiger partial charge is 0.481 e. The molecule has 0 saturated carbocycles. The predicted octanol–water partition coefficient (Wildman–Crippen LogP) is -0.521. The van der Waals surface area contributed by atoms with Crippen LogP contribution in [0.25, 0.3) is 0 Å². The highest BCUT2D eigenvalue weighted by molar-refractivity contribution is 5.70. The van der Waals surface area contributed by atoms with Gasteiger partial charge in [0.05, 0.1) is 5.92 Å². The minimum atomic E-state index is -0.698. The number of hydrazine groups is 1. The normalized spacial score (nSPS) is 23.8. The third-order valence-electron chi connectivity index (χ3n) is 1.90. The van der Waals surface area contributed by atoms with Crippen molar-refractivity contribution in [2.24, 2.45) is 5.92 Å². The Labute approximate surface area is 60.0 Å². The maximum atomic E-state index is 10.4. The Hall–Kier alpha value is -0.610. The van der Waals surface area contributed by atoms with E-state index in [4.69, 9.17) is 5.11 Å². The number of hydrogen-bond donors (Lipinski definition) is 1. The van der Waals surface area contributed by atoms with Crippen LogP contribution in [0.5, 0.6) is 0 Å². The van der Waals surface area contributed by atoms with Gasteiger partial charge in [-0.2, -0.15) is 0 Å². The van der Waals surface area contributed by atoms with Crippen LogP contribution in [0.4, 0.5) is 0 Å².